The van der Waals surface area contributed by atoms with Gasteiger partial charge in [-0.05, 0) is 44.0 Å². The molecule has 1 fully saturated rings. The molecule has 1 saturated heterocycles. The molecular weight excluding hydrogens is 348 g/mol. The molecule has 0 unspecified atom stereocenters. The van der Waals surface area contributed by atoms with Crippen molar-refractivity contribution in [3.05, 3.63) is 35.1 Å². The Labute approximate surface area is 144 Å². The Balaban J connectivity index is 0.00000288. The Morgan fingerprint density at radius 2 is 1.92 bits per heavy atom. The third kappa shape index (κ3) is 4.83. The molecule has 1 N–H and O–H groups in total. The summed E-state index contributed by atoms with van der Waals surface area (Å²) in [4.78, 5) is 13.8. The lowest BCUT2D eigenvalue weighted by Gasteiger charge is -2.32. The van der Waals surface area contributed by atoms with Crippen molar-refractivity contribution in [1.29, 1.82) is 0 Å². The second-order valence-electron chi connectivity index (χ2n) is 5.71. The van der Waals surface area contributed by atoms with Gasteiger partial charge >= 0.3 is 6.18 Å². The van der Waals surface area contributed by atoms with Gasteiger partial charge in [0.25, 0.3) is 5.91 Å². The second kappa shape index (κ2) is 8.67. The van der Waals surface area contributed by atoms with Gasteiger partial charge in [-0.15, -0.1) is 12.4 Å². The third-order valence-corrected chi connectivity index (χ3v) is 4.12. The fourth-order valence-electron chi connectivity index (χ4n) is 2.78. The number of carbonyl (C=O) groups is 1. The minimum atomic E-state index is -4.81. The first-order valence-corrected chi connectivity index (χ1v) is 7.70. The number of carbonyl (C=O) groups excluding carboxylic acids is 1. The first-order valence-electron chi connectivity index (χ1n) is 7.70. The maximum atomic E-state index is 14.0. The van der Waals surface area contributed by atoms with Gasteiger partial charge in [-0.25, -0.2) is 4.39 Å². The highest BCUT2D eigenvalue weighted by atomic mass is 35.5. The first kappa shape index (κ1) is 20.7. The lowest BCUT2D eigenvalue weighted by atomic mass is 9.96. The first-order chi connectivity index (χ1) is 10.8. The zero-order valence-corrected chi connectivity index (χ0v) is 14.1. The van der Waals surface area contributed by atoms with Crippen molar-refractivity contribution in [3.63, 3.8) is 0 Å². The molecule has 0 radical (unpaired) electrons. The summed E-state index contributed by atoms with van der Waals surface area (Å²) in [7, 11) is 0. The SMILES string of the molecule is CCNCC1CCN(C(=O)c2cccc(C(F)(F)F)c2F)CC1.Cl. The highest BCUT2D eigenvalue weighted by Crippen LogP contribution is 2.33. The van der Waals surface area contributed by atoms with E-state index in [4.69, 9.17) is 0 Å². The van der Waals surface area contributed by atoms with Crippen LogP contribution >= 0.6 is 12.4 Å². The molecule has 1 aromatic rings. The van der Waals surface area contributed by atoms with Gasteiger partial charge in [0, 0.05) is 13.1 Å². The van der Waals surface area contributed by atoms with Gasteiger partial charge in [-0.3, -0.25) is 4.79 Å². The molecule has 1 amide bonds. The zero-order valence-electron chi connectivity index (χ0n) is 13.3. The Hall–Kier alpha value is -1.34. The Morgan fingerprint density at radius 3 is 2.46 bits per heavy atom. The molecular formula is C16H21ClF4N2O. The molecule has 3 nitrogen and oxygen atoms in total. The summed E-state index contributed by atoms with van der Waals surface area (Å²) in [5.41, 5.74) is -1.91. The molecule has 1 heterocycles. The quantitative estimate of drug-likeness (QED) is 0.821. The van der Waals surface area contributed by atoms with Crippen LogP contribution < -0.4 is 5.32 Å². The number of nitrogens with one attached hydrogen (secondary N) is 1. The van der Waals surface area contributed by atoms with Gasteiger partial charge < -0.3 is 10.2 Å². The maximum Gasteiger partial charge on any atom is 0.419 e. The number of hydrogen-bond acceptors (Lipinski definition) is 2. The highest BCUT2D eigenvalue weighted by Gasteiger charge is 2.36. The van der Waals surface area contributed by atoms with Gasteiger partial charge in [0.05, 0.1) is 11.1 Å². The fraction of sp³-hybridized carbons (Fsp3) is 0.562. The molecule has 1 aliphatic heterocycles. The molecule has 0 saturated carbocycles. The third-order valence-electron chi connectivity index (χ3n) is 4.12. The van der Waals surface area contributed by atoms with Crippen LogP contribution in [0.15, 0.2) is 18.2 Å². The van der Waals surface area contributed by atoms with E-state index >= 15 is 0 Å². The van der Waals surface area contributed by atoms with Gasteiger partial charge in [0.1, 0.15) is 5.82 Å². The van der Waals surface area contributed by atoms with Crippen LogP contribution in [0.5, 0.6) is 0 Å². The van der Waals surface area contributed by atoms with E-state index in [9.17, 15) is 22.4 Å². The standard InChI is InChI=1S/C16H20F4N2O.ClH/c1-2-21-10-11-6-8-22(9-7-11)15(23)12-4-3-5-13(14(12)17)16(18,19)20;/h3-5,11,21H,2,6-10H2,1H3;1H. The molecule has 1 aliphatic rings. The summed E-state index contributed by atoms with van der Waals surface area (Å²) in [6.45, 7) is 4.61. The number of benzene rings is 1. The average molecular weight is 369 g/mol. The van der Waals surface area contributed by atoms with Crippen molar-refractivity contribution in [3.8, 4) is 0 Å². The number of rotatable bonds is 4. The molecule has 2 rings (SSSR count). The van der Waals surface area contributed by atoms with Crippen LogP contribution in [0.3, 0.4) is 0 Å². The van der Waals surface area contributed by atoms with Crippen molar-refractivity contribution in [1.82, 2.24) is 10.2 Å². The monoisotopic (exact) mass is 368 g/mol. The smallest absolute Gasteiger partial charge is 0.339 e. The predicted molar refractivity (Wildman–Crippen MR) is 85.8 cm³/mol. The summed E-state index contributed by atoms with van der Waals surface area (Å²) in [6.07, 6.45) is -3.28. The second-order valence-corrected chi connectivity index (χ2v) is 5.71. The summed E-state index contributed by atoms with van der Waals surface area (Å²) in [5, 5.41) is 3.24. The number of halogens is 5. The summed E-state index contributed by atoms with van der Waals surface area (Å²) in [5.74, 6) is -1.72. The van der Waals surface area contributed by atoms with Crippen LogP contribution in [0.25, 0.3) is 0 Å². The summed E-state index contributed by atoms with van der Waals surface area (Å²) >= 11 is 0. The zero-order chi connectivity index (χ0) is 17.0. The minimum absolute atomic E-state index is 0. The molecule has 0 aromatic heterocycles. The van der Waals surface area contributed by atoms with Crippen LogP contribution in [-0.4, -0.2) is 37.0 Å². The van der Waals surface area contributed by atoms with Crippen LogP contribution in [0, 0.1) is 11.7 Å². The van der Waals surface area contributed by atoms with E-state index in [-0.39, 0.29) is 12.4 Å². The van der Waals surface area contributed by atoms with Gasteiger partial charge in [0.15, 0.2) is 0 Å². The van der Waals surface area contributed by atoms with Crippen molar-refractivity contribution in [2.75, 3.05) is 26.2 Å². The lowest BCUT2D eigenvalue weighted by molar-refractivity contribution is -0.140. The predicted octanol–water partition coefficient (Wildman–Crippen LogP) is 3.73. The van der Waals surface area contributed by atoms with E-state index in [0.29, 0.717) is 25.1 Å². The molecule has 0 atom stereocenters. The van der Waals surface area contributed by atoms with Crippen LogP contribution in [0.2, 0.25) is 0 Å². The Bertz CT molecular complexity index is 557. The number of piperidine rings is 1. The van der Waals surface area contributed by atoms with Gasteiger partial charge in [-0.2, -0.15) is 13.2 Å². The molecule has 0 bridgehead atoms. The molecule has 1 aromatic carbocycles. The molecule has 24 heavy (non-hydrogen) atoms. The largest absolute Gasteiger partial charge is 0.419 e. The number of alkyl halides is 3. The van der Waals surface area contributed by atoms with E-state index in [0.717, 1.165) is 38.1 Å². The van der Waals surface area contributed by atoms with Crippen molar-refractivity contribution < 1.29 is 22.4 Å². The van der Waals surface area contributed by atoms with Crippen LogP contribution in [0.1, 0.15) is 35.7 Å². The van der Waals surface area contributed by atoms with E-state index < -0.39 is 29.0 Å². The normalized spacial score (nSPS) is 16.0. The van der Waals surface area contributed by atoms with E-state index in [1.807, 2.05) is 6.92 Å². The van der Waals surface area contributed by atoms with Gasteiger partial charge in [0.2, 0.25) is 0 Å². The summed E-state index contributed by atoms with van der Waals surface area (Å²) in [6, 6.07) is 2.82. The fourth-order valence-corrected chi connectivity index (χ4v) is 2.78. The number of likely N-dealkylation sites (tertiary alicyclic amines) is 1. The van der Waals surface area contributed by atoms with Crippen LogP contribution in [-0.2, 0) is 6.18 Å². The minimum Gasteiger partial charge on any atom is -0.339 e. The Kier molecular flexibility index (Phi) is 7.48. The topological polar surface area (TPSA) is 32.3 Å². The lowest BCUT2D eigenvalue weighted by Crippen LogP contribution is -2.41. The van der Waals surface area contributed by atoms with E-state index in [1.54, 1.807) is 0 Å². The number of amides is 1. The van der Waals surface area contributed by atoms with Crippen molar-refractivity contribution in [2.45, 2.75) is 25.9 Å². The molecule has 0 aliphatic carbocycles. The maximum absolute atomic E-state index is 14.0. The summed E-state index contributed by atoms with van der Waals surface area (Å²) < 4.78 is 52.2. The molecule has 0 spiro atoms. The van der Waals surface area contributed by atoms with E-state index in [1.165, 1.54) is 4.90 Å². The van der Waals surface area contributed by atoms with Gasteiger partial charge in [-0.1, -0.05) is 13.0 Å². The average Bonchev–Trinajstić information content (AvgIpc) is 2.52. The number of nitrogens with zero attached hydrogens (tertiary/aromatic N) is 1. The van der Waals surface area contributed by atoms with Crippen LogP contribution in [0.4, 0.5) is 17.6 Å². The van der Waals surface area contributed by atoms with Crippen molar-refractivity contribution >= 4 is 18.3 Å². The van der Waals surface area contributed by atoms with Crippen molar-refractivity contribution in [2.24, 2.45) is 5.92 Å². The molecule has 136 valence electrons. The van der Waals surface area contributed by atoms with E-state index in [2.05, 4.69) is 5.32 Å². The Morgan fingerprint density at radius 1 is 1.29 bits per heavy atom. The number of hydrogen-bond donors (Lipinski definition) is 1. The molecule has 8 heteroatoms. The highest BCUT2D eigenvalue weighted by molar-refractivity contribution is 5.94.